The predicted molar refractivity (Wildman–Crippen MR) is 58.9 cm³/mol. The zero-order chi connectivity index (χ0) is 12.6. The van der Waals surface area contributed by atoms with E-state index in [4.69, 9.17) is 11.6 Å². The molecule has 1 saturated heterocycles. The van der Waals surface area contributed by atoms with Gasteiger partial charge in [-0.15, -0.1) is 0 Å². The van der Waals surface area contributed by atoms with Crippen molar-refractivity contribution in [3.8, 4) is 0 Å². The first-order valence-corrected chi connectivity index (χ1v) is 5.16. The Kier molecular flexibility index (Phi) is 2.95. The summed E-state index contributed by atoms with van der Waals surface area (Å²) in [6.45, 7) is 0.0278. The Bertz CT molecular complexity index is 493. The Balaban J connectivity index is 2.49. The molecule has 0 aromatic carbocycles. The maximum Gasteiger partial charge on any atom is 0.329 e. The van der Waals surface area contributed by atoms with Gasteiger partial charge in [-0.05, 0) is 6.07 Å². The summed E-state index contributed by atoms with van der Waals surface area (Å²) in [7, 11) is 0. The van der Waals surface area contributed by atoms with Crippen LogP contribution in [0.4, 0.5) is 11.4 Å². The van der Waals surface area contributed by atoms with Crippen molar-refractivity contribution in [2.24, 2.45) is 0 Å². The molecule has 1 amide bonds. The molecule has 1 unspecified atom stereocenters. The molecule has 2 heterocycles. The van der Waals surface area contributed by atoms with Crippen LogP contribution in [0.25, 0.3) is 0 Å². The highest BCUT2D eigenvalue weighted by atomic mass is 35.5. The van der Waals surface area contributed by atoms with E-state index in [-0.39, 0.29) is 29.7 Å². The van der Waals surface area contributed by atoms with Crippen LogP contribution in [0.1, 0.15) is 6.42 Å². The summed E-state index contributed by atoms with van der Waals surface area (Å²) >= 11 is 5.63. The molecule has 0 spiro atoms. The summed E-state index contributed by atoms with van der Waals surface area (Å²) in [5.41, 5.74) is -0.354. The fraction of sp³-hybridized carbons (Fsp3) is 0.333. The number of hydrogen-bond acceptors (Lipinski definition) is 5. The summed E-state index contributed by atoms with van der Waals surface area (Å²) in [5.74, 6) is -0.372. The quantitative estimate of drug-likeness (QED) is 0.479. The number of nitrogens with zero attached hydrogens (tertiary/aromatic N) is 3. The molecule has 17 heavy (non-hydrogen) atoms. The molecule has 0 aliphatic carbocycles. The molecule has 1 aromatic heterocycles. The molecular formula is C9H8ClN3O4. The van der Waals surface area contributed by atoms with E-state index in [9.17, 15) is 20.0 Å². The van der Waals surface area contributed by atoms with E-state index in [0.717, 1.165) is 4.90 Å². The van der Waals surface area contributed by atoms with Crippen LogP contribution >= 0.6 is 11.6 Å². The minimum atomic E-state index is -0.811. The lowest BCUT2D eigenvalue weighted by Gasteiger charge is -2.15. The molecule has 1 aliphatic heterocycles. The zero-order valence-corrected chi connectivity index (χ0v) is 9.29. The molecule has 1 fully saturated rings. The number of amides is 1. The van der Waals surface area contributed by atoms with E-state index in [2.05, 4.69) is 4.98 Å². The highest BCUT2D eigenvalue weighted by molar-refractivity contribution is 6.32. The SMILES string of the molecule is O=C1CC(O)CN1c1ccnc(Cl)c1[N+](=O)[O-]. The van der Waals surface area contributed by atoms with E-state index in [0.29, 0.717) is 0 Å². The molecule has 1 aliphatic rings. The highest BCUT2D eigenvalue weighted by Crippen LogP contribution is 2.35. The number of halogens is 1. The lowest BCUT2D eigenvalue weighted by atomic mass is 10.3. The Morgan fingerprint density at radius 2 is 2.35 bits per heavy atom. The third kappa shape index (κ3) is 2.06. The molecule has 2 rings (SSSR count). The molecule has 8 heteroatoms. The van der Waals surface area contributed by atoms with Crippen molar-refractivity contribution in [3.63, 3.8) is 0 Å². The highest BCUT2D eigenvalue weighted by Gasteiger charge is 2.34. The van der Waals surface area contributed by atoms with Gasteiger partial charge in [0.05, 0.1) is 24.0 Å². The summed E-state index contributed by atoms with van der Waals surface area (Å²) in [5, 5.41) is 19.9. The topological polar surface area (TPSA) is 96.6 Å². The lowest BCUT2D eigenvalue weighted by Crippen LogP contribution is -2.26. The molecular weight excluding hydrogens is 250 g/mol. The number of hydrogen-bond donors (Lipinski definition) is 1. The Labute approximate surface area is 101 Å². The van der Waals surface area contributed by atoms with Crippen molar-refractivity contribution >= 4 is 28.9 Å². The van der Waals surface area contributed by atoms with Crippen LogP contribution in [-0.2, 0) is 4.79 Å². The standard InChI is InChI=1S/C9H8ClN3O4/c10-9-8(13(16)17)6(1-2-11-9)12-4-5(14)3-7(12)15/h1-2,5,14H,3-4H2. The number of carbonyl (C=O) groups excluding carboxylic acids is 1. The van der Waals surface area contributed by atoms with Gasteiger partial charge in [0, 0.05) is 6.20 Å². The fourth-order valence-electron chi connectivity index (χ4n) is 1.73. The van der Waals surface area contributed by atoms with Crippen molar-refractivity contribution in [2.75, 3.05) is 11.4 Å². The van der Waals surface area contributed by atoms with Crippen molar-refractivity contribution in [1.29, 1.82) is 0 Å². The van der Waals surface area contributed by atoms with Crippen molar-refractivity contribution in [1.82, 2.24) is 4.98 Å². The number of carbonyl (C=O) groups is 1. The number of anilines is 1. The van der Waals surface area contributed by atoms with Crippen LogP contribution in [0.3, 0.4) is 0 Å². The summed E-state index contributed by atoms with van der Waals surface area (Å²) in [4.78, 5) is 26.5. The van der Waals surface area contributed by atoms with Crippen LogP contribution in [-0.4, -0.2) is 33.6 Å². The van der Waals surface area contributed by atoms with Gasteiger partial charge in [-0.25, -0.2) is 4.98 Å². The van der Waals surface area contributed by atoms with Gasteiger partial charge in [0.25, 0.3) is 0 Å². The van der Waals surface area contributed by atoms with Gasteiger partial charge in [-0.3, -0.25) is 14.9 Å². The van der Waals surface area contributed by atoms with Gasteiger partial charge in [0.1, 0.15) is 5.69 Å². The van der Waals surface area contributed by atoms with Gasteiger partial charge in [-0.2, -0.15) is 0 Å². The Morgan fingerprint density at radius 1 is 1.65 bits per heavy atom. The van der Waals surface area contributed by atoms with Crippen molar-refractivity contribution < 1.29 is 14.8 Å². The number of nitro groups is 1. The van der Waals surface area contributed by atoms with Crippen LogP contribution in [0.15, 0.2) is 12.3 Å². The van der Waals surface area contributed by atoms with Crippen molar-refractivity contribution in [3.05, 3.63) is 27.5 Å². The summed E-state index contributed by atoms with van der Waals surface area (Å²) in [6.07, 6.45) is 0.425. The largest absolute Gasteiger partial charge is 0.391 e. The minimum Gasteiger partial charge on any atom is -0.391 e. The van der Waals surface area contributed by atoms with Crippen LogP contribution < -0.4 is 4.90 Å². The second kappa shape index (κ2) is 4.27. The molecule has 0 bridgehead atoms. The number of aliphatic hydroxyl groups excluding tert-OH is 1. The number of rotatable bonds is 2. The van der Waals surface area contributed by atoms with Gasteiger partial charge < -0.3 is 10.0 Å². The third-order valence-electron chi connectivity index (χ3n) is 2.44. The monoisotopic (exact) mass is 257 g/mol. The second-order valence-electron chi connectivity index (χ2n) is 3.59. The van der Waals surface area contributed by atoms with E-state index < -0.39 is 16.7 Å². The van der Waals surface area contributed by atoms with Gasteiger partial charge >= 0.3 is 5.69 Å². The number of aliphatic hydroxyl groups is 1. The molecule has 0 saturated carbocycles. The van der Waals surface area contributed by atoms with E-state index in [1.807, 2.05) is 0 Å². The molecule has 1 N–H and O–H groups in total. The average Bonchev–Trinajstić information content (AvgIpc) is 2.56. The van der Waals surface area contributed by atoms with Gasteiger partial charge in [0.2, 0.25) is 11.1 Å². The van der Waals surface area contributed by atoms with E-state index in [1.165, 1.54) is 12.3 Å². The van der Waals surface area contributed by atoms with Crippen LogP contribution in [0.5, 0.6) is 0 Å². The third-order valence-corrected chi connectivity index (χ3v) is 2.71. The maximum absolute atomic E-state index is 11.6. The fourth-order valence-corrected chi connectivity index (χ4v) is 1.95. The summed E-state index contributed by atoms with van der Waals surface area (Å²) in [6, 6.07) is 1.33. The zero-order valence-electron chi connectivity index (χ0n) is 8.54. The first-order valence-electron chi connectivity index (χ1n) is 4.78. The molecule has 7 nitrogen and oxygen atoms in total. The minimum absolute atomic E-state index is 0.0278. The molecule has 0 radical (unpaired) electrons. The second-order valence-corrected chi connectivity index (χ2v) is 3.95. The molecule has 1 atom stereocenters. The van der Waals surface area contributed by atoms with E-state index in [1.54, 1.807) is 0 Å². The van der Waals surface area contributed by atoms with Crippen molar-refractivity contribution in [2.45, 2.75) is 12.5 Å². The number of pyridine rings is 1. The predicted octanol–water partition coefficient (Wildman–Crippen LogP) is 0.741. The normalized spacial score (nSPS) is 19.8. The summed E-state index contributed by atoms with van der Waals surface area (Å²) < 4.78 is 0. The first kappa shape index (κ1) is 11.7. The number of aromatic nitrogens is 1. The first-order chi connectivity index (χ1) is 8.00. The van der Waals surface area contributed by atoms with Gasteiger partial charge in [-0.1, -0.05) is 11.6 Å². The Morgan fingerprint density at radius 3 is 2.88 bits per heavy atom. The smallest absolute Gasteiger partial charge is 0.329 e. The average molecular weight is 258 g/mol. The van der Waals surface area contributed by atoms with Gasteiger partial charge in [0.15, 0.2) is 0 Å². The Hall–Kier alpha value is -1.73. The number of β-amino-alcohol motifs (C(OH)–C–C–N with tert-alkyl or cyclic N) is 1. The molecule has 1 aromatic rings. The van der Waals surface area contributed by atoms with Crippen LogP contribution in [0.2, 0.25) is 5.15 Å². The maximum atomic E-state index is 11.6. The van der Waals surface area contributed by atoms with E-state index >= 15 is 0 Å². The lowest BCUT2D eigenvalue weighted by molar-refractivity contribution is -0.384. The van der Waals surface area contributed by atoms with Crippen LogP contribution in [0, 0.1) is 10.1 Å². The molecule has 90 valence electrons.